The summed E-state index contributed by atoms with van der Waals surface area (Å²) in [6.07, 6.45) is -2.38. The Morgan fingerprint density at radius 2 is 1.84 bits per heavy atom. The standard InChI is InChI=1S/C22H19F3N4O2/c1-2-3-11-30-17-9-7-14(8-10-17)18-13-19(28-27-18)21-26-20(29-31-21)15-5-4-6-16(12-15)22(23,24)25/h4-10,12-13H,2-3,11H2,1H3,(H,27,28). The largest absolute Gasteiger partial charge is 0.494 e. The third kappa shape index (κ3) is 4.76. The number of ether oxygens (including phenoxy) is 1. The van der Waals surface area contributed by atoms with Crippen molar-refractivity contribution < 1.29 is 22.4 Å². The lowest BCUT2D eigenvalue weighted by atomic mass is 10.1. The molecule has 0 fully saturated rings. The number of rotatable bonds is 7. The molecular formula is C22H19F3N4O2. The first-order valence-electron chi connectivity index (χ1n) is 9.74. The SMILES string of the molecule is CCCCOc1ccc(-c2cc(-c3nc(-c4cccc(C(F)(F)F)c4)no3)[nH]n2)cc1. The second-order valence-corrected chi connectivity index (χ2v) is 6.89. The molecule has 2 aromatic heterocycles. The van der Waals surface area contributed by atoms with Crippen LogP contribution in [0.2, 0.25) is 0 Å². The van der Waals surface area contributed by atoms with Gasteiger partial charge in [-0.1, -0.05) is 30.6 Å². The van der Waals surface area contributed by atoms with Crippen molar-refractivity contribution in [3.63, 3.8) is 0 Å². The predicted molar refractivity (Wildman–Crippen MR) is 108 cm³/mol. The quantitative estimate of drug-likeness (QED) is 0.366. The van der Waals surface area contributed by atoms with Gasteiger partial charge in [0.15, 0.2) is 0 Å². The van der Waals surface area contributed by atoms with E-state index in [1.54, 1.807) is 6.07 Å². The van der Waals surface area contributed by atoms with Crippen molar-refractivity contribution in [1.29, 1.82) is 0 Å². The van der Waals surface area contributed by atoms with Crippen LogP contribution in [0.5, 0.6) is 5.75 Å². The lowest BCUT2D eigenvalue weighted by molar-refractivity contribution is -0.137. The number of hydrogen-bond donors (Lipinski definition) is 1. The van der Waals surface area contributed by atoms with E-state index in [0.29, 0.717) is 18.0 Å². The van der Waals surface area contributed by atoms with Crippen LogP contribution in [0.15, 0.2) is 59.1 Å². The van der Waals surface area contributed by atoms with Gasteiger partial charge in [0.25, 0.3) is 5.89 Å². The topological polar surface area (TPSA) is 76.8 Å². The van der Waals surface area contributed by atoms with E-state index < -0.39 is 11.7 Å². The van der Waals surface area contributed by atoms with Gasteiger partial charge in [0.1, 0.15) is 11.4 Å². The first-order valence-corrected chi connectivity index (χ1v) is 9.74. The van der Waals surface area contributed by atoms with Crippen molar-refractivity contribution in [3.05, 3.63) is 60.2 Å². The second kappa shape index (κ2) is 8.63. The molecule has 4 rings (SSSR count). The zero-order chi connectivity index (χ0) is 21.8. The molecule has 1 N–H and O–H groups in total. The van der Waals surface area contributed by atoms with Crippen molar-refractivity contribution in [2.24, 2.45) is 0 Å². The highest BCUT2D eigenvalue weighted by Crippen LogP contribution is 2.32. The van der Waals surface area contributed by atoms with Crippen LogP contribution in [-0.4, -0.2) is 26.9 Å². The van der Waals surface area contributed by atoms with Gasteiger partial charge in [0.05, 0.1) is 17.9 Å². The monoisotopic (exact) mass is 428 g/mol. The summed E-state index contributed by atoms with van der Waals surface area (Å²) in [5.41, 5.74) is 1.42. The highest BCUT2D eigenvalue weighted by molar-refractivity contribution is 5.66. The minimum atomic E-state index is -4.45. The fourth-order valence-electron chi connectivity index (χ4n) is 2.92. The lowest BCUT2D eigenvalue weighted by Crippen LogP contribution is -2.04. The Morgan fingerprint density at radius 1 is 1.03 bits per heavy atom. The van der Waals surface area contributed by atoms with E-state index in [-0.39, 0.29) is 17.3 Å². The molecule has 2 heterocycles. The number of halogens is 3. The Kier molecular flexibility index (Phi) is 5.75. The predicted octanol–water partition coefficient (Wildman–Crippen LogP) is 5.99. The molecule has 0 atom stereocenters. The van der Waals surface area contributed by atoms with Crippen molar-refractivity contribution in [2.45, 2.75) is 25.9 Å². The zero-order valence-electron chi connectivity index (χ0n) is 16.6. The van der Waals surface area contributed by atoms with Crippen LogP contribution in [0.4, 0.5) is 13.2 Å². The number of nitrogens with one attached hydrogen (secondary N) is 1. The van der Waals surface area contributed by atoms with Crippen LogP contribution in [0.1, 0.15) is 25.3 Å². The van der Waals surface area contributed by atoms with E-state index in [9.17, 15) is 13.2 Å². The van der Waals surface area contributed by atoms with Crippen molar-refractivity contribution in [3.8, 4) is 40.0 Å². The van der Waals surface area contributed by atoms with Gasteiger partial charge in [-0.3, -0.25) is 5.10 Å². The van der Waals surface area contributed by atoms with Gasteiger partial charge in [-0.05, 0) is 48.9 Å². The summed E-state index contributed by atoms with van der Waals surface area (Å²) in [6.45, 7) is 2.78. The number of benzene rings is 2. The maximum absolute atomic E-state index is 12.9. The average Bonchev–Trinajstić information content (AvgIpc) is 3.44. The fraction of sp³-hybridized carbons (Fsp3) is 0.227. The van der Waals surface area contributed by atoms with E-state index >= 15 is 0 Å². The number of aromatic amines is 1. The van der Waals surface area contributed by atoms with Gasteiger partial charge >= 0.3 is 6.18 Å². The molecule has 0 saturated carbocycles. The summed E-state index contributed by atoms with van der Waals surface area (Å²) >= 11 is 0. The van der Waals surface area contributed by atoms with Gasteiger partial charge in [-0.15, -0.1) is 0 Å². The summed E-state index contributed by atoms with van der Waals surface area (Å²) in [5, 5.41) is 10.9. The summed E-state index contributed by atoms with van der Waals surface area (Å²) in [7, 11) is 0. The molecule has 0 spiro atoms. The molecule has 0 unspecified atom stereocenters. The molecule has 0 aliphatic carbocycles. The van der Waals surface area contributed by atoms with Crippen molar-refractivity contribution in [1.82, 2.24) is 20.3 Å². The van der Waals surface area contributed by atoms with Crippen molar-refractivity contribution in [2.75, 3.05) is 6.61 Å². The molecule has 31 heavy (non-hydrogen) atoms. The molecule has 0 saturated heterocycles. The molecule has 0 aliphatic rings. The molecule has 160 valence electrons. The molecule has 6 nitrogen and oxygen atoms in total. The number of aromatic nitrogens is 4. The van der Waals surface area contributed by atoms with Crippen LogP contribution in [-0.2, 0) is 6.18 Å². The van der Waals surface area contributed by atoms with Crippen molar-refractivity contribution >= 4 is 0 Å². The number of hydrogen-bond acceptors (Lipinski definition) is 5. The van der Waals surface area contributed by atoms with Gasteiger partial charge in [-0.2, -0.15) is 23.3 Å². The third-order valence-corrected chi connectivity index (χ3v) is 4.60. The lowest BCUT2D eigenvalue weighted by Gasteiger charge is -2.06. The maximum atomic E-state index is 12.9. The summed E-state index contributed by atoms with van der Waals surface area (Å²) in [5.74, 6) is 0.979. The Labute approximate surface area is 176 Å². The Morgan fingerprint density at radius 3 is 2.58 bits per heavy atom. The molecule has 2 aromatic carbocycles. The smallest absolute Gasteiger partial charge is 0.416 e. The van der Waals surface area contributed by atoms with Gasteiger partial charge in [-0.25, -0.2) is 0 Å². The van der Waals surface area contributed by atoms with E-state index in [1.165, 1.54) is 12.1 Å². The van der Waals surface area contributed by atoms with E-state index in [0.717, 1.165) is 36.3 Å². The minimum Gasteiger partial charge on any atom is -0.494 e. The van der Waals surface area contributed by atoms with E-state index in [1.807, 2.05) is 24.3 Å². The number of nitrogens with zero attached hydrogens (tertiary/aromatic N) is 3. The average molecular weight is 428 g/mol. The van der Waals surface area contributed by atoms with Crippen LogP contribution >= 0.6 is 0 Å². The highest BCUT2D eigenvalue weighted by atomic mass is 19.4. The van der Waals surface area contributed by atoms with Gasteiger partial charge in [0, 0.05) is 11.1 Å². The number of H-pyrrole nitrogens is 1. The van der Waals surface area contributed by atoms with Crippen LogP contribution in [0, 0.1) is 0 Å². The maximum Gasteiger partial charge on any atom is 0.416 e. The summed E-state index contributed by atoms with van der Waals surface area (Å²) in [4.78, 5) is 4.20. The molecule has 9 heteroatoms. The fourth-order valence-corrected chi connectivity index (χ4v) is 2.92. The van der Waals surface area contributed by atoms with Gasteiger partial charge < -0.3 is 9.26 Å². The molecule has 0 radical (unpaired) electrons. The first-order chi connectivity index (χ1) is 14.9. The Hall–Kier alpha value is -3.62. The first kappa shape index (κ1) is 20.6. The Balaban J connectivity index is 1.51. The number of alkyl halides is 3. The number of unbranched alkanes of at least 4 members (excludes halogenated alkanes) is 1. The van der Waals surface area contributed by atoms with Crippen LogP contribution in [0.3, 0.4) is 0 Å². The molecular weight excluding hydrogens is 409 g/mol. The molecule has 4 aromatic rings. The second-order valence-electron chi connectivity index (χ2n) is 6.89. The zero-order valence-corrected chi connectivity index (χ0v) is 16.6. The van der Waals surface area contributed by atoms with E-state index in [2.05, 4.69) is 27.3 Å². The Bertz CT molecular complexity index is 1150. The third-order valence-electron chi connectivity index (χ3n) is 4.60. The molecule has 0 aliphatic heterocycles. The highest BCUT2D eigenvalue weighted by Gasteiger charge is 2.30. The summed E-state index contributed by atoms with van der Waals surface area (Å²) in [6, 6.07) is 14.0. The molecule has 0 bridgehead atoms. The van der Waals surface area contributed by atoms with E-state index in [4.69, 9.17) is 9.26 Å². The summed E-state index contributed by atoms with van der Waals surface area (Å²) < 4.78 is 49.7. The minimum absolute atomic E-state index is 0.0610. The van der Waals surface area contributed by atoms with Crippen LogP contribution in [0.25, 0.3) is 34.2 Å². The van der Waals surface area contributed by atoms with Crippen LogP contribution < -0.4 is 4.74 Å². The van der Waals surface area contributed by atoms with Gasteiger partial charge in [0.2, 0.25) is 5.82 Å². The normalized spacial score (nSPS) is 11.6. The molecule has 0 amide bonds.